The highest BCUT2D eigenvalue weighted by atomic mass is 16.5. The van der Waals surface area contributed by atoms with Gasteiger partial charge >= 0.3 is 0 Å². The second-order valence-corrected chi connectivity index (χ2v) is 3.63. The number of morpholine rings is 1. The first-order valence-corrected chi connectivity index (χ1v) is 4.63. The van der Waals surface area contributed by atoms with Crippen LogP contribution in [0, 0.1) is 11.3 Å². The summed E-state index contributed by atoms with van der Waals surface area (Å²) in [7, 11) is 0. The van der Waals surface area contributed by atoms with Crippen LogP contribution in [0.3, 0.4) is 0 Å². The van der Waals surface area contributed by atoms with Crippen molar-refractivity contribution in [1.29, 1.82) is 5.26 Å². The van der Waals surface area contributed by atoms with Gasteiger partial charge in [0, 0.05) is 12.6 Å². The first-order chi connectivity index (χ1) is 5.90. The summed E-state index contributed by atoms with van der Waals surface area (Å²) in [4.78, 5) is 2.27. The molecular formula is C9H14N2O. The highest BCUT2D eigenvalue weighted by Crippen LogP contribution is 2.24. The highest BCUT2D eigenvalue weighted by Gasteiger charge is 2.31. The van der Waals surface area contributed by atoms with Gasteiger partial charge in [-0.05, 0) is 19.3 Å². The van der Waals surface area contributed by atoms with Crippen LogP contribution in [0.2, 0.25) is 0 Å². The zero-order valence-electron chi connectivity index (χ0n) is 7.20. The number of fused-ring (bicyclic) bond motifs is 4. The van der Waals surface area contributed by atoms with Gasteiger partial charge in [0.05, 0.1) is 25.3 Å². The maximum atomic E-state index is 8.61. The summed E-state index contributed by atoms with van der Waals surface area (Å²) < 4.78 is 5.63. The van der Waals surface area contributed by atoms with Crippen molar-refractivity contribution in [1.82, 2.24) is 4.90 Å². The van der Waals surface area contributed by atoms with E-state index in [0.29, 0.717) is 18.7 Å². The molecule has 0 aromatic rings. The van der Waals surface area contributed by atoms with Crippen molar-refractivity contribution in [2.75, 3.05) is 19.7 Å². The molecule has 3 nitrogen and oxygen atoms in total. The molecule has 3 heterocycles. The van der Waals surface area contributed by atoms with Crippen LogP contribution in [0.1, 0.15) is 19.3 Å². The molecule has 0 saturated carbocycles. The normalized spacial score (nSPS) is 35.9. The molecule has 0 spiro atoms. The summed E-state index contributed by atoms with van der Waals surface area (Å²) in [5, 5.41) is 8.61. The monoisotopic (exact) mass is 166 g/mol. The first-order valence-electron chi connectivity index (χ1n) is 4.63. The molecule has 3 aliphatic rings. The van der Waals surface area contributed by atoms with Gasteiger partial charge in [-0.2, -0.15) is 5.26 Å². The van der Waals surface area contributed by atoms with E-state index >= 15 is 0 Å². The zero-order valence-corrected chi connectivity index (χ0v) is 7.20. The second-order valence-electron chi connectivity index (χ2n) is 3.63. The van der Waals surface area contributed by atoms with Crippen molar-refractivity contribution in [2.24, 2.45) is 0 Å². The minimum Gasteiger partial charge on any atom is -0.375 e. The van der Waals surface area contributed by atoms with E-state index in [1.54, 1.807) is 0 Å². The van der Waals surface area contributed by atoms with Gasteiger partial charge in [-0.25, -0.2) is 0 Å². The van der Waals surface area contributed by atoms with Crippen LogP contribution in [-0.4, -0.2) is 36.7 Å². The van der Waals surface area contributed by atoms with Crippen molar-refractivity contribution in [3.05, 3.63) is 0 Å². The Morgan fingerprint density at radius 1 is 1.50 bits per heavy atom. The third kappa shape index (κ3) is 1.45. The van der Waals surface area contributed by atoms with Gasteiger partial charge in [0.1, 0.15) is 0 Å². The van der Waals surface area contributed by atoms with E-state index in [4.69, 9.17) is 10.00 Å². The van der Waals surface area contributed by atoms with Crippen molar-refractivity contribution >= 4 is 0 Å². The van der Waals surface area contributed by atoms with Gasteiger partial charge in [-0.3, -0.25) is 4.90 Å². The minimum atomic E-state index is 0.400. The van der Waals surface area contributed by atoms with E-state index < -0.39 is 0 Å². The van der Waals surface area contributed by atoms with Crippen LogP contribution >= 0.6 is 0 Å². The molecule has 0 aliphatic carbocycles. The van der Waals surface area contributed by atoms with Crippen LogP contribution in [0.25, 0.3) is 0 Å². The van der Waals surface area contributed by atoms with E-state index in [1.807, 2.05) is 0 Å². The van der Waals surface area contributed by atoms with E-state index in [-0.39, 0.29) is 0 Å². The molecule has 2 unspecified atom stereocenters. The first kappa shape index (κ1) is 8.03. The van der Waals surface area contributed by atoms with Crippen LogP contribution < -0.4 is 0 Å². The Labute approximate surface area is 72.9 Å². The maximum absolute atomic E-state index is 8.61. The summed E-state index contributed by atoms with van der Waals surface area (Å²) in [5.41, 5.74) is 0. The molecule has 0 radical (unpaired) electrons. The lowest BCUT2D eigenvalue weighted by atomic mass is 10.1. The molecule has 2 atom stereocenters. The molecule has 0 amide bonds. The smallest absolute Gasteiger partial charge is 0.0870 e. The Hall–Kier alpha value is -0.590. The fourth-order valence-corrected chi connectivity index (χ4v) is 2.12. The van der Waals surface area contributed by atoms with Crippen LogP contribution in [0.5, 0.6) is 0 Å². The van der Waals surface area contributed by atoms with E-state index in [1.165, 1.54) is 19.3 Å². The summed E-state index contributed by atoms with van der Waals surface area (Å²) in [5.74, 6) is 0. The van der Waals surface area contributed by atoms with Crippen LogP contribution in [-0.2, 0) is 4.74 Å². The van der Waals surface area contributed by atoms with Gasteiger partial charge in [-0.15, -0.1) is 0 Å². The third-order valence-corrected chi connectivity index (χ3v) is 2.82. The molecule has 3 heteroatoms. The molecular weight excluding hydrogens is 152 g/mol. The number of hydrogen-bond acceptors (Lipinski definition) is 3. The number of ether oxygens (including phenoxy) is 1. The number of hydrogen-bond donors (Lipinski definition) is 0. The van der Waals surface area contributed by atoms with Crippen molar-refractivity contribution in [3.8, 4) is 6.07 Å². The topological polar surface area (TPSA) is 36.3 Å². The summed E-state index contributed by atoms with van der Waals surface area (Å²) >= 11 is 0. The number of nitrogens with zero attached hydrogens (tertiary/aromatic N) is 2. The Morgan fingerprint density at radius 3 is 3.25 bits per heavy atom. The Balaban J connectivity index is 2.02. The summed E-state index contributed by atoms with van der Waals surface area (Å²) in [6.07, 6.45) is 4.05. The minimum absolute atomic E-state index is 0.400. The molecule has 3 saturated heterocycles. The largest absolute Gasteiger partial charge is 0.375 e. The number of rotatable bonds is 1. The lowest BCUT2D eigenvalue weighted by Gasteiger charge is -2.34. The van der Waals surface area contributed by atoms with Gasteiger partial charge in [0.15, 0.2) is 0 Å². The molecule has 66 valence electrons. The average molecular weight is 166 g/mol. The maximum Gasteiger partial charge on any atom is 0.0870 e. The average Bonchev–Trinajstić information content (AvgIpc) is 2.39. The Bertz CT molecular complexity index is 195. The fraction of sp³-hybridized carbons (Fsp3) is 0.889. The molecule has 2 bridgehead atoms. The lowest BCUT2D eigenvalue weighted by molar-refractivity contribution is -0.0447. The van der Waals surface area contributed by atoms with E-state index in [2.05, 4.69) is 11.0 Å². The zero-order chi connectivity index (χ0) is 8.39. The lowest BCUT2D eigenvalue weighted by Crippen LogP contribution is -2.47. The van der Waals surface area contributed by atoms with Crippen LogP contribution in [0.15, 0.2) is 0 Å². The molecule has 0 aromatic heterocycles. The predicted octanol–water partition coefficient (Wildman–Crippen LogP) is 0.763. The van der Waals surface area contributed by atoms with Gasteiger partial charge in [-0.1, -0.05) is 0 Å². The van der Waals surface area contributed by atoms with E-state index in [9.17, 15) is 0 Å². The number of nitriles is 1. The standard InChI is InChI=1S/C9H14N2O/c10-4-5-11-6-9-3-1-2-8(11)7-12-9/h8-9H,1-3,5-7H2. The SMILES string of the molecule is N#CCN1CC2CCCC1CO2. The van der Waals surface area contributed by atoms with Crippen LogP contribution in [0.4, 0.5) is 0 Å². The molecule has 12 heavy (non-hydrogen) atoms. The van der Waals surface area contributed by atoms with Gasteiger partial charge in [0.2, 0.25) is 0 Å². The Morgan fingerprint density at radius 2 is 2.42 bits per heavy atom. The molecule has 0 N–H and O–H groups in total. The molecule has 3 aliphatic heterocycles. The summed E-state index contributed by atoms with van der Waals surface area (Å²) in [6.45, 7) is 2.38. The predicted molar refractivity (Wildman–Crippen MR) is 44.6 cm³/mol. The molecule has 3 fully saturated rings. The third-order valence-electron chi connectivity index (χ3n) is 2.82. The van der Waals surface area contributed by atoms with Crippen molar-refractivity contribution < 1.29 is 4.74 Å². The van der Waals surface area contributed by atoms with Gasteiger partial charge < -0.3 is 4.74 Å². The van der Waals surface area contributed by atoms with Gasteiger partial charge in [0.25, 0.3) is 0 Å². The molecule has 3 rings (SSSR count). The molecule has 0 aromatic carbocycles. The van der Waals surface area contributed by atoms with Crippen molar-refractivity contribution in [2.45, 2.75) is 31.4 Å². The second kappa shape index (κ2) is 3.42. The van der Waals surface area contributed by atoms with Crippen molar-refractivity contribution in [3.63, 3.8) is 0 Å². The summed E-state index contributed by atoms with van der Waals surface area (Å²) in [6, 6.07) is 2.74. The quantitative estimate of drug-likeness (QED) is 0.540. The van der Waals surface area contributed by atoms with E-state index in [0.717, 1.165) is 13.2 Å². The Kier molecular flexibility index (Phi) is 2.29. The fourth-order valence-electron chi connectivity index (χ4n) is 2.12. The highest BCUT2D eigenvalue weighted by molar-refractivity contribution is 4.89.